The predicted octanol–water partition coefficient (Wildman–Crippen LogP) is 4.31. The number of carbonyl (C=O) groups excluding carboxylic acids is 2. The van der Waals surface area contributed by atoms with Crippen LogP contribution in [-0.2, 0) is 16.1 Å². The summed E-state index contributed by atoms with van der Waals surface area (Å²) < 4.78 is 16.2. The zero-order chi connectivity index (χ0) is 22.7. The second kappa shape index (κ2) is 9.01. The molecule has 4 rings (SSSR count). The van der Waals surface area contributed by atoms with Crippen LogP contribution in [0, 0.1) is 0 Å². The molecular formula is C25H23NO6. The molecule has 1 atom stereocenters. The number of carbonyl (C=O) groups is 2. The molecule has 0 radical (unpaired) electrons. The summed E-state index contributed by atoms with van der Waals surface area (Å²) in [6, 6.07) is 16.5. The molecular weight excluding hydrogens is 410 g/mol. The fourth-order valence-corrected chi connectivity index (χ4v) is 3.80. The smallest absolute Gasteiger partial charge is 0.296 e. The van der Waals surface area contributed by atoms with Crippen molar-refractivity contribution < 1.29 is 28.6 Å². The van der Waals surface area contributed by atoms with Gasteiger partial charge in [-0.3, -0.25) is 9.59 Å². The van der Waals surface area contributed by atoms with Gasteiger partial charge in [0.25, 0.3) is 11.7 Å². The molecule has 1 aromatic heterocycles. The lowest BCUT2D eigenvalue weighted by Crippen LogP contribution is -2.29. The second-order valence-electron chi connectivity index (χ2n) is 7.24. The number of ketones is 1. The van der Waals surface area contributed by atoms with Crippen LogP contribution in [0.5, 0.6) is 11.5 Å². The lowest BCUT2D eigenvalue weighted by molar-refractivity contribution is -0.140. The van der Waals surface area contributed by atoms with E-state index in [1.807, 2.05) is 6.92 Å². The third-order valence-corrected chi connectivity index (χ3v) is 5.29. The van der Waals surface area contributed by atoms with E-state index >= 15 is 0 Å². The summed E-state index contributed by atoms with van der Waals surface area (Å²) in [7, 11) is 1.54. The van der Waals surface area contributed by atoms with Crippen molar-refractivity contribution in [3.05, 3.63) is 89.4 Å². The van der Waals surface area contributed by atoms with Crippen LogP contribution in [0.4, 0.5) is 0 Å². The minimum Gasteiger partial charge on any atom is -0.507 e. The summed E-state index contributed by atoms with van der Waals surface area (Å²) in [4.78, 5) is 27.5. The van der Waals surface area contributed by atoms with E-state index in [1.165, 1.54) is 11.2 Å². The first-order valence-electron chi connectivity index (χ1n) is 10.2. The standard InChI is InChI=1S/C25H23NO6/c1-3-31-18-11-9-16(10-12-18)23(27)21-22(17-6-4-7-19(14-17)30-2)26(25(29)24(21)28)15-20-8-5-13-32-20/h4-14,22,27H,3,15H2,1-2H3/b23-21+. The van der Waals surface area contributed by atoms with Crippen molar-refractivity contribution in [1.82, 2.24) is 4.90 Å². The number of ether oxygens (including phenoxy) is 2. The molecule has 0 saturated carbocycles. The van der Waals surface area contributed by atoms with Gasteiger partial charge in [0.15, 0.2) is 0 Å². The molecule has 2 aromatic carbocycles. The molecule has 1 aliphatic rings. The van der Waals surface area contributed by atoms with Crippen molar-refractivity contribution in [2.75, 3.05) is 13.7 Å². The van der Waals surface area contributed by atoms with E-state index in [0.717, 1.165) is 0 Å². The number of benzene rings is 2. The third kappa shape index (κ3) is 3.97. The normalized spacial score (nSPS) is 17.6. The van der Waals surface area contributed by atoms with Crippen LogP contribution in [0.3, 0.4) is 0 Å². The fourth-order valence-electron chi connectivity index (χ4n) is 3.80. The highest BCUT2D eigenvalue weighted by Crippen LogP contribution is 2.41. The van der Waals surface area contributed by atoms with Gasteiger partial charge in [0.05, 0.1) is 38.1 Å². The number of amides is 1. The number of aliphatic hydroxyl groups is 1. The van der Waals surface area contributed by atoms with Crippen molar-refractivity contribution >= 4 is 17.4 Å². The molecule has 164 valence electrons. The lowest BCUT2D eigenvalue weighted by Gasteiger charge is -2.24. The highest BCUT2D eigenvalue weighted by Gasteiger charge is 2.46. The number of nitrogens with zero attached hydrogens (tertiary/aromatic N) is 1. The van der Waals surface area contributed by atoms with Gasteiger partial charge < -0.3 is 23.9 Å². The van der Waals surface area contributed by atoms with E-state index in [-0.39, 0.29) is 17.9 Å². The highest BCUT2D eigenvalue weighted by molar-refractivity contribution is 6.46. The molecule has 7 nitrogen and oxygen atoms in total. The van der Waals surface area contributed by atoms with Crippen molar-refractivity contribution in [3.63, 3.8) is 0 Å². The van der Waals surface area contributed by atoms with E-state index in [9.17, 15) is 14.7 Å². The Hall–Kier alpha value is -4.00. The maximum absolute atomic E-state index is 13.1. The summed E-state index contributed by atoms with van der Waals surface area (Å²) in [5, 5.41) is 11.1. The average molecular weight is 433 g/mol. The summed E-state index contributed by atoms with van der Waals surface area (Å²) in [5.41, 5.74) is 1.07. The Balaban J connectivity index is 1.83. The molecule has 0 bridgehead atoms. The Morgan fingerprint density at radius 2 is 1.84 bits per heavy atom. The van der Waals surface area contributed by atoms with Crippen LogP contribution in [0.25, 0.3) is 5.76 Å². The van der Waals surface area contributed by atoms with Crippen LogP contribution in [0.1, 0.15) is 29.9 Å². The van der Waals surface area contributed by atoms with Crippen molar-refractivity contribution in [1.29, 1.82) is 0 Å². The third-order valence-electron chi connectivity index (χ3n) is 5.29. The largest absolute Gasteiger partial charge is 0.507 e. The Labute approximate surface area is 185 Å². The minimum atomic E-state index is -0.804. The monoisotopic (exact) mass is 433 g/mol. The first kappa shape index (κ1) is 21.2. The summed E-state index contributed by atoms with van der Waals surface area (Å²) in [5.74, 6) is 0.0401. The van der Waals surface area contributed by atoms with Crippen molar-refractivity contribution in [2.45, 2.75) is 19.5 Å². The number of hydrogen-bond donors (Lipinski definition) is 1. The van der Waals surface area contributed by atoms with E-state index < -0.39 is 17.7 Å². The van der Waals surface area contributed by atoms with Gasteiger partial charge in [0.2, 0.25) is 0 Å². The Morgan fingerprint density at radius 1 is 1.06 bits per heavy atom. The number of likely N-dealkylation sites (tertiary alicyclic amines) is 1. The maximum Gasteiger partial charge on any atom is 0.296 e. The number of aliphatic hydroxyl groups excluding tert-OH is 1. The van der Waals surface area contributed by atoms with Crippen LogP contribution in [-0.4, -0.2) is 35.4 Å². The topological polar surface area (TPSA) is 89.2 Å². The van der Waals surface area contributed by atoms with Crippen LogP contribution < -0.4 is 9.47 Å². The molecule has 1 N–H and O–H groups in total. The SMILES string of the molecule is CCOc1ccc(/C(O)=C2\C(=O)C(=O)N(Cc3ccco3)C2c2cccc(OC)c2)cc1. The van der Waals surface area contributed by atoms with Gasteiger partial charge in [-0.15, -0.1) is 0 Å². The molecule has 7 heteroatoms. The van der Waals surface area contributed by atoms with Crippen LogP contribution in [0.15, 0.2) is 76.9 Å². The molecule has 32 heavy (non-hydrogen) atoms. The van der Waals surface area contributed by atoms with Gasteiger partial charge in [-0.05, 0) is 61.0 Å². The highest BCUT2D eigenvalue weighted by atomic mass is 16.5. The Bertz CT molecular complexity index is 1150. The van der Waals surface area contributed by atoms with Gasteiger partial charge in [0, 0.05) is 5.56 Å². The first-order chi connectivity index (χ1) is 15.5. The van der Waals surface area contributed by atoms with Crippen molar-refractivity contribution in [3.8, 4) is 11.5 Å². The number of rotatable bonds is 7. The molecule has 2 heterocycles. The zero-order valence-corrected chi connectivity index (χ0v) is 17.8. The quantitative estimate of drug-likeness (QED) is 0.339. The summed E-state index contributed by atoms with van der Waals surface area (Å²) >= 11 is 0. The van der Waals surface area contributed by atoms with Crippen molar-refractivity contribution in [2.24, 2.45) is 0 Å². The minimum absolute atomic E-state index is 0.0129. The molecule has 1 aliphatic heterocycles. The van der Waals surface area contributed by atoms with Gasteiger partial charge in [0.1, 0.15) is 23.0 Å². The molecule has 3 aromatic rings. The Morgan fingerprint density at radius 3 is 2.50 bits per heavy atom. The van der Waals surface area contributed by atoms with Gasteiger partial charge in [-0.1, -0.05) is 12.1 Å². The van der Waals surface area contributed by atoms with Crippen LogP contribution in [0.2, 0.25) is 0 Å². The summed E-state index contributed by atoms with van der Waals surface area (Å²) in [6.45, 7) is 2.47. The van der Waals surface area contributed by atoms with Gasteiger partial charge >= 0.3 is 0 Å². The Kier molecular flexibility index (Phi) is 5.98. The molecule has 0 aliphatic carbocycles. The van der Waals surface area contributed by atoms with Gasteiger partial charge in [-0.2, -0.15) is 0 Å². The molecule has 1 fully saturated rings. The number of furan rings is 1. The van der Waals surface area contributed by atoms with Gasteiger partial charge in [-0.25, -0.2) is 0 Å². The number of Topliss-reactive ketones (excluding diaryl/α,β-unsaturated/α-hetero) is 1. The van der Waals surface area contributed by atoms with E-state index in [1.54, 1.807) is 67.8 Å². The van der Waals surface area contributed by atoms with E-state index in [0.29, 0.717) is 35.0 Å². The molecule has 1 unspecified atom stereocenters. The number of hydrogen-bond acceptors (Lipinski definition) is 6. The van der Waals surface area contributed by atoms with E-state index in [4.69, 9.17) is 13.9 Å². The summed E-state index contributed by atoms with van der Waals surface area (Å²) in [6.07, 6.45) is 1.51. The second-order valence-corrected chi connectivity index (χ2v) is 7.24. The first-order valence-corrected chi connectivity index (χ1v) is 10.2. The molecule has 0 spiro atoms. The molecule has 1 saturated heterocycles. The average Bonchev–Trinajstić information content (AvgIpc) is 3.42. The van der Waals surface area contributed by atoms with Crippen LogP contribution >= 0.6 is 0 Å². The lowest BCUT2D eigenvalue weighted by atomic mass is 9.95. The fraction of sp³-hybridized carbons (Fsp3) is 0.200. The van der Waals surface area contributed by atoms with E-state index in [2.05, 4.69) is 0 Å². The maximum atomic E-state index is 13.1. The zero-order valence-electron chi connectivity index (χ0n) is 17.8. The predicted molar refractivity (Wildman–Crippen MR) is 117 cm³/mol. The molecule has 1 amide bonds. The number of methoxy groups -OCH3 is 1.